The first-order valence-electron chi connectivity index (χ1n) is 5.27. The van der Waals surface area contributed by atoms with E-state index < -0.39 is 0 Å². The average molecular weight is 233 g/mol. The molecule has 0 spiro atoms. The van der Waals surface area contributed by atoms with Gasteiger partial charge in [-0.3, -0.25) is 4.79 Å². The number of carbonyl (C=O) groups excluding carboxylic acids is 1. The van der Waals surface area contributed by atoms with Gasteiger partial charge in [-0.1, -0.05) is 6.92 Å². The second-order valence-corrected chi connectivity index (χ2v) is 3.69. The van der Waals surface area contributed by atoms with Crippen LogP contribution in [-0.2, 0) is 0 Å². The maximum atomic E-state index is 12.1. The van der Waals surface area contributed by atoms with Crippen molar-refractivity contribution in [1.82, 2.24) is 0 Å². The van der Waals surface area contributed by atoms with E-state index in [-0.39, 0.29) is 18.1 Å². The second-order valence-electron chi connectivity index (χ2n) is 3.69. The summed E-state index contributed by atoms with van der Waals surface area (Å²) in [5.41, 5.74) is 0.453. The highest BCUT2D eigenvalue weighted by atomic mass is 16.5. The van der Waals surface area contributed by atoms with Crippen molar-refractivity contribution in [2.45, 2.75) is 13.3 Å². The molecular formula is C13H15NO3. The molecule has 4 heteroatoms. The Balaban J connectivity index is 3.10. The number of methoxy groups -OCH3 is 2. The van der Waals surface area contributed by atoms with E-state index in [4.69, 9.17) is 14.7 Å². The van der Waals surface area contributed by atoms with Gasteiger partial charge < -0.3 is 9.47 Å². The van der Waals surface area contributed by atoms with Gasteiger partial charge in [0.15, 0.2) is 5.78 Å². The summed E-state index contributed by atoms with van der Waals surface area (Å²) in [5, 5.41) is 8.60. The highest BCUT2D eigenvalue weighted by Gasteiger charge is 2.19. The summed E-state index contributed by atoms with van der Waals surface area (Å²) >= 11 is 0. The molecule has 1 unspecified atom stereocenters. The predicted molar refractivity (Wildman–Crippen MR) is 63.3 cm³/mol. The van der Waals surface area contributed by atoms with Gasteiger partial charge in [-0.05, 0) is 18.2 Å². The molecule has 0 aliphatic heterocycles. The zero-order valence-electron chi connectivity index (χ0n) is 10.2. The number of benzene rings is 1. The number of carbonyl (C=O) groups is 1. The SMILES string of the molecule is COc1ccc(OC)c(C(=O)C(C)CC#N)c1. The molecule has 0 amide bonds. The Kier molecular flexibility index (Phi) is 4.53. The molecule has 0 aliphatic carbocycles. The van der Waals surface area contributed by atoms with E-state index in [2.05, 4.69) is 0 Å². The van der Waals surface area contributed by atoms with E-state index in [0.29, 0.717) is 17.1 Å². The van der Waals surface area contributed by atoms with Crippen LogP contribution in [0.5, 0.6) is 11.5 Å². The second kappa shape index (κ2) is 5.90. The highest BCUT2D eigenvalue weighted by Crippen LogP contribution is 2.26. The van der Waals surface area contributed by atoms with Crippen molar-refractivity contribution in [3.63, 3.8) is 0 Å². The van der Waals surface area contributed by atoms with Gasteiger partial charge in [-0.15, -0.1) is 0 Å². The van der Waals surface area contributed by atoms with Crippen LogP contribution in [0.15, 0.2) is 18.2 Å². The lowest BCUT2D eigenvalue weighted by molar-refractivity contribution is 0.0928. The van der Waals surface area contributed by atoms with Gasteiger partial charge in [0.2, 0.25) is 0 Å². The van der Waals surface area contributed by atoms with Gasteiger partial charge in [0.25, 0.3) is 0 Å². The van der Waals surface area contributed by atoms with Crippen molar-refractivity contribution >= 4 is 5.78 Å². The smallest absolute Gasteiger partial charge is 0.170 e. The molecular weight excluding hydrogens is 218 g/mol. The maximum absolute atomic E-state index is 12.1. The van der Waals surface area contributed by atoms with Crippen molar-refractivity contribution in [2.75, 3.05) is 14.2 Å². The first kappa shape index (κ1) is 13.0. The van der Waals surface area contributed by atoms with E-state index in [1.54, 1.807) is 25.1 Å². The molecule has 1 aromatic carbocycles. The molecule has 0 heterocycles. The quantitative estimate of drug-likeness (QED) is 0.733. The molecule has 0 aromatic heterocycles. The molecule has 90 valence electrons. The Hall–Kier alpha value is -2.02. The third-order valence-corrected chi connectivity index (χ3v) is 2.52. The third-order valence-electron chi connectivity index (χ3n) is 2.52. The van der Waals surface area contributed by atoms with Crippen molar-refractivity contribution in [3.8, 4) is 17.6 Å². The van der Waals surface area contributed by atoms with Crippen LogP contribution < -0.4 is 9.47 Å². The Morgan fingerprint density at radius 3 is 2.65 bits per heavy atom. The molecule has 0 bridgehead atoms. The van der Waals surface area contributed by atoms with Gasteiger partial charge in [0.1, 0.15) is 11.5 Å². The summed E-state index contributed by atoms with van der Waals surface area (Å²) in [4.78, 5) is 12.1. The summed E-state index contributed by atoms with van der Waals surface area (Å²) < 4.78 is 10.2. The summed E-state index contributed by atoms with van der Waals surface area (Å²) in [5.74, 6) is 0.641. The Labute approximate surface area is 101 Å². The third kappa shape index (κ3) is 2.97. The lowest BCUT2D eigenvalue weighted by Crippen LogP contribution is -2.12. The van der Waals surface area contributed by atoms with Crippen LogP contribution in [0, 0.1) is 17.2 Å². The normalized spacial score (nSPS) is 11.4. The predicted octanol–water partition coefficient (Wildman–Crippen LogP) is 2.44. The van der Waals surface area contributed by atoms with Crippen LogP contribution in [0.1, 0.15) is 23.7 Å². The molecule has 0 saturated carbocycles. The number of Topliss-reactive ketones (excluding diaryl/α,β-unsaturated/α-hetero) is 1. The summed E-state index contributed by atoms with van der Waals surface area (Å²) in [6, 6.07) is 7.04. The molecule has 0 saturated heterocycles. The molecule has 0 fully saturated rings. The molecule has 0 radical (unpaired) electrons. The van der Waals surface area contributed by atoms with E-state index >= 15 is 0 Å². The fourth-order valence-electron chi connectivity index (χ4n) is 1.50. The monoisotopic (exact) mass is 233 g/mol. The van der Waals surface area contributed by atoms with Crippen LogP contribution >= 0.6 is 0 Å². The number of nitriles is 1. The highest BCUT2D eigenvalue weighted by molar-refractivity contribution is 6.00. The maximum Gasteiger partial charge on any atom is 0.170 e. The fraction of sp³-hybridized carbons (Fsp3) is 0.385. The van der Waals surface area contributed by atoms with E-state index in [0.717, 1.165) is 0 Å². The summed E-state index contributed by atoms with van der Waals surface area (Å²) in [7, 11) is 3.04. The van der Waals surface area contributed by atoms with Crippen LogP contribution in [-0.4, -0.2) is 20.0 Å². The number of nitrogens with zero attached hydrogens (tertiary/aromatic N) is 1. The van der Waals surface area contributed by atoms with Gasteiger partial charge in [0, 0.05) is 12.3 Å². The lowest BCUT2D eigenvalue weighted by Gasteiger charge is -2.12. The van der Waals surface area contributed by atoms with Crippen LogP contribution in [0.4, 0.5) is 0 Å². The van der Waals surface area contributed by atoms with Crippen molar-refractivity contribution < 1.29 is 14.3 Å². The van der Waals surface area contributed by atoms with Crippen LogP contribution in [0.3, 0.4) is 0 Å². The topological polar surface area (TPSA) is 59.3 Å². The van der Waals surface area contributed by atoms with Gasteiger partial charge in [-0.2, -0.15) is 5.26 Å². The first-order valence-corrected chi connectivity index (χ1v) is 5.27. The number of ketones is 1. The molecule has 4 nitrogen and oxygen atoms in total. The molecule has 0 aliphatic rings. The van der Waals surface area contributed by atoms with Crippen LogP contribution in [0.2, 0.25) is 0 Å². The van der Waals surface area contributed by atoms with Crippen molar-refractivity contribution in [1.29, 1.82) is 5.26 Å². The Morgan fingerprint density at radius 1 is 1.41 bits per heavy atom. The number of ether oxygens (including phenoxy) is 2. The summed E-state index contributed by atoms with van der Waals surface area (Å²) in [6.07, 6.45) is 0.194. The first-order chi connectivity index (χ1) is 8.13. The molecule has 0 N–H and O–H groups in total. The number of hydrogen-bond acceptors (Lipinski definition) is 4. The summed E-state index contributed by atoms with van der Waals surface area (Å²) in [6.45, 7) is 1.73. The van der Waals surface area contributed by atoms with E-state index in [1.807, 2.05) is 6.07 Å². The zero-order valence-corrected chi connectivity index (χ0v) is 10.2. The Morgan fingerprint density at radius 2 is 2.12 bits per heavy atom. The number of rotatable bonds is 5. The van der Waals surface area contributed by atoms with Gasteiger partial charge >= 0.3 is 0 Å². The minimum Gasteiger partial charge on any atom is -0.497 e. The van der Waals surface area contributed by atoms with Crippen molar-refractivity contribution in [3.05, 3.63) is 23.8 Å². The molecule has 17 heavy (non-hydrogen) atoms. The molecule has 1 atom stereocenters. The largest absolute Gasteiger partial charge is 0.497 e. The minimum absolute atomic E-state index is 0.109. The van der Waals surface area contributed by atoms with E-state index in [1.165, 1.54) is 14.2 Å². The zero-order chi connectivity index (χ0) is 12.8. The Bertz CT molecular complexity index is 448. The molecule has 1 rings (SSSR count). The minimum atomic E-state index is -0.346. The van der Waals surface area contributed by atoms with Gasteiger partial charge in [-0.25, -0.2) is 0 Å². The van der Waals surface area contributed by atoms with Gasteiger partial charge in [0.05, 0.1) is 25.9 Å². The molecule has 1 aromatic rings. The average Bonchev–Trinajstić information content (AvgIpc) is 2.37. The van der Waals surface area contributed by atoms with E-state index in [9.17, 15) is 4.79 Å². The van der Waals surface area contributed by atoms with Crippen molar-refractivity contribution in [2.24, 2.45) is 5.92 Å². The fourth-order valence-corrected chi connectivity index (χ4v) is 1.50. The standard InChI is InChI=1S/C13H15NO3/c1-9(6-7-14)13(15)11-8-10(16-2)4-5-12(11)17-3/h4-5,8-9H,6H2,1-3H3. The van der Waals surface area contributed by atoms with Crippen LogP contribution in [0.25, 0.3) is 0 Å². The number of hydrogen-bond donors (Lipinski definition) is 0. The lowest BCUT2D eigenvalue weighted by atomic mass is 9.96.